The molecular weight excluding hydrogens is 686 g/mol. The third-order valence-corrected chi connectivity index (χ3v) is 11.1. The SMILES string of the molecule is COc1cc(-c2cn(C)c(=O)c3cnccc23)cc(OC)c1CN(C)CCCCNC1CCN(c2ccc3c(c2)CN(C2CCC(=O)NC2=O)C3=O)CC1. The highest BCUT2D eigenvalue weighted by molar-refractivity contribution is 6.05. The molecule has 1 unspecified atom stereocenters. The number of fused-ring (bicyclic) bond motifs is 2. The van der Waals surface area contributed by atoms with Gasteiger partial charge in [-0.2, -0.15) is 0 Å². The Morgan fingerprint density at radius 2 is 1.70 bits per heavy atom. The number of unbranched alkanes of at least 4 members (excludes halogenated alkanes) is 1. The van der Waals surface area contributed by atoms with Gasteiger partial charge in [-0.1, -0.05) is 0 Å². The Morgan fingerprint density at radius 3 is 2.43 bits per heavy atom. The number of aromatic nitrogens is 2. The Kier molecular flexibility index (Phi) is 11.0. The number of piperidine rings is 2. The molecule has 2 aromatic heterocycles. The monoisotopic (exact) mass is 735 g/mol. The first-order valence-corrected chi connectivity index (χ1v) is 18.8. The molecule has 5 heterocycles. The third-order valence-electron chi connectivity index (χ3n) is 11.1. The van der Waals surface area contributed by atoms with Crippen LogP contribution in [0, 0.1) is 0 Å². The maximum absolute atomic E-state index is 13.1. The summed E-state index contributed by atoms with van der Waals surface area (Å²) in [6, 6.07) is 11.8. The van der Waals surface area contributed by atoms with Gasteiger partial charge in [0.2, 0.25) is 11.8 Å². The lowest BCUT2D eigenvalue weighted by Gasteiger charge is -2.34. The highest BCUT2D eigenvalue weighted by Crippen LogP contribution is 2.38. The van der Waals surface area contributed by atoms with Gasteiger partial charge in [0.25, 0.3) is 11.5 Å². The van der Waals surface area contributed by atoms with Gasteiger partial charge < -0.3 is 34.1 Å². The maximum Gasteiger partial charge on any atom is 0.259 e. The van der Waals surface area contributed by atoms with Crippen LogP contribution in [-0.4, -0.2) is 96.6 Å². The maximum atomic E-state index is 13.1. The molecule has 7 rings (SSSR count). The second-order valence-electron chi connectivity index (χ2n) is 14.6. The van der Waals surface area contributed by atoms with Crippen molar-refractivity contribution in [2.45, 2.75) is 63.7 Å². The van der Waals surface area contributed by atoms with Crippen molar-refractivity contribution in [3.63, 3.8) is 0 Å². The summed E-state index contributed by atoms with van der Waals surface area (Å²) in [5.41, 5.74) is 5.39. The zero-order valence-electron chi connectivity index (χ0n) is 31.5. The van der Waals surface area contributed by atoms with E-state index in [1.807, 2.05) is 36.5 Å². The summed E-state index contributed by atoms with van der Waals surface area (Å²) in [7, 11) is 7.21. The molecule has 0 spiro atoms. The van der Waals surface area contributed by atoms with Crippen LogP contribution < -0.4 is 30.6 Å². The molecule has 0 aliphatic carbocycles. The molecule has 54 heavy (non-hydrogen) atoms. The van der Waals surface area contributed by atoms with Crippen LogP contribution in [0.3, 0.4) is 0 Å². The number of imide groups is 1. The molecule has 2 saturated heterocycles. The number of aryl methyl sites for hydroxylation is 1. The molecule has 3 aliphatic rings. The number of ether oxygens (including phenoxy) is 2. The van der Waals surface area contributed by atoms with Gasteiger partial charge in [-0.3, -0.25) is 29.5 Å². The zero-order valence-corrected chi connectivity index (χ0v) is 31.5. The van der Waals surface area contributed by atoms with Crippen LogP contribution in [0.2, 0.25) is 0 Å². The van der Waals surface area contributed by atoms with Crippen molar-refractivity contribution in [2.24, 2.45) is 7.05 Å². The zero-order chi connectivity index (χ0) is 37.9. The summed E-state index contributed by atoms with van der Waals surface area (Å²) >= 11 is 0. The van der Waals surface area contributed by atoms with Gasteiger partial charge in [-0.15, -0.1) is 0 Å². The van der Waals surface area contributed by atoms with Gasteiger partial charge in [0, 0.05) is 81.1 Å². The van der Waals surface area contributed by atoms with Crippen LogP contribution in [0.4, 0.5) is 5.69 Å². The predicted molar refractivity (Wildman–Crippen MR) is 207 cm³/mol. The van der Waals surface area contributed by atoms with Crippen molar-refractivity contribution in [3.8, 4) is 22.6 Å². The van der Waals surface area contributed by atoms with Gasteiger partial charge in [0.05, 0.1) is 25.2 Å². The minimum Gasteiger partial charge on any atom is -0.496 e. The summed E-state index contributed by atoms with van der Waals surface area (Å²) in [5.74, 6) is 0.676. The lowest BCUT2D eigenvalue weighted by molar-refractivity contribution is -0.136. The van der Waals surface area contributed by atoms with E-state index in [2.05, 4.69) is 38.5 Å². The van der Waals surface area contributed by atoms with Crippen molar-refractivity contribution in [1.29, 1.82) is 0 Å². The Bertz CT molecular complexity index is 2100. The minimum atomic E-state index is -0.599. The van der Waals surface area contributed by atoms with Gasteiger partial charge in [-0.25, -0.2) is 0 Å². The van der Waals surface area contributed by atoms with Gasteiger partial charge >= 0.3 is 0 Å². The molecule has 2 fully saturated rings. The lowest BCUT2D eigenvalue weighted by Crippen LogP contribution is -2.52. The van der Waals surface area contributed by atoms with Crippen LogP contribution in [0.1, 0.15) is 60.0 Å². The number of nitrogens with one attached hydrogen (secondary N) is 2. The first-order valence-electron chi connectivity index (χ1n) is 18.8. The number of anilines is 1. The first kappa shape index (κ1) is 37.1. The van der Waals surface area contributed by atoms with Crippen LogP contribution >= 0.6 is 0 Å². The summed E-state index contributed by atoms with van der Waals surface area (Å²) in [5, 5.41) is 7.54. The molecule has 0 bridgehead atoms. The number of carbonyl (C=O) groups excluding carboxylic acids is 3. The second-order valence-corrected chi connectivity index (χ2v) is 14.6. The van der Waals surface area contributed by atoms with Gasteiger partial charge in [0.15, 0.2) is 0 Å². The number of hydrogen-bond acceptors (Lipinski definition) is 10. The highest BCUT2D eigenvalue weighted by Gasteiger charge is 2.39. The van der Waals surface area contributed by atoms with Crippen molar-refractivity contribution >= 4 is 34.2 Å². The molecular formula is C41H49N7O6. The molecule has 4 aromatic rings. The Morgan fingerprint density at radius 1 is 0.944 bits per heavy atom. The molecule has 0 saturated carbocycles. The Labute approximate surface area is 315 Å². The molecule has 13 nitrogen and oxygen atoms in total. The smallest absolute Gasteiger partial charge is 0.259 e. The van der Waals surface area contributed by atoms with Gasteiger partial charge in [0.1, 0.15) is 17.5 Å². The minimum absolute atomic E-state index is 0.0882. The largest absolute Gasteiger partial charge is 0.496 e. The quantitative estimate of drug-likeness (QED) is 0.154. The van der Waals surface area contributed by atoms with Crippen molar-refractivity contribution < 1.29 is 23.9 Å². The number of methoxy groups -OCH3 is 2. The van der Waals surface area contributed by atoms with Crippen molar-refractivity contribution in [1.82, 2.24) is 30.0 Å². The molecule has 2 N–H and O–H groups in total. The Balaban J connectivity index is 0.873. The fourth-order valence-corrected chi connectivity index (χ4v) is 8.10. The molecule has 284 valence electrons. The first-order chi connectivity index (χ1) is 26.1. The fraction of sp³-hybridized carbons (Fsp3) is 0.439. The Hall–Kier alpha value is -5.27. The van der Waals surface area contributed by atoms with Crippen LogP contribution in [0.5, 0.6) is 11.5 Å². The molecule has 3 amide bonds. The number of rotatable bonds is 13. The topological polar surface area (TPSA) is 138 Å². The second kappa shape index (κ2) is 16.0. The van der Waals surface area contributed by atoms with E-state index in [1.165, 1.54) is 0 Å². The van der Waals surface area contributed by atoms with Crippen molar-refractivity contribution in [3.05, 3.63) is 82.0 Å². The number of amides is 3. The van der Waals surface area contributed by atoms with Crippen LogP contribution in [-0.2, 0) is 29.7 Å². The summed E-state index contributed by atoms with van der Waals surface area (Å²) in [6.45, 7) is 4.81. The molecule has 0 radical (unpaired) electrons. The third kappa shape index (κ3) is 7.56. The van der Waals surface area contributed by atoms with E-state index >= 15 is 0 Å². The normalized spacial score (nSPS) is 17.7. The predicted octanol–water partition coefficient (Wildman–Crippen LogP) is 3.85. The van der Waals surface area contributed by atoms with Crippen LogP contribution in [0.25, 0.3) is 21.9 Å². The number of pyridine rings is 2. The van der Waals surface area contributed by atoms with E-state index in [0.717, 1.165) is 96.7 Å². The summed E-state index contributed by atoms with van der Waals surface area (Å²) in [6.07, 6.45) is 9.98. The number of carbonyl (C=O) groups is 3. The molecule has 2 aromatic carbocycles. The van der Waals surface area contributed by atoms with Crippen LogP contribution in [0.15, 0.2) is 59.8 Å². The average Bonchev–Trinajstić information content (AvgIpc) is 3.51. The summed E-state index contributed by atoms with van der Waals surface area (Å²) < 4.78 is 13.3. The molecule has 3 aliphatic heterocycles. The molecule has 13 heteroatoms. The van der Waals surface area contributed by atoms with E-state index in [-0.39, 0.29) is 29.7 Å². The van der Waals surface area contributed by atoms with Gasteiger partial charge in [-0.05, 0) is 105 Å². The van der Waals surface area contributed by atoms with Crippen molar-refractivity contribution in [2.75, 3.05) is 52.3 Å². The van der Waals surface area contributed by atoms with E-state index < -0.39 is 6.04 Å². The number of nitrogens with zero attached hydrogens (tertiary/aromatic N) is 5. The van der Waals surface area contributed by atoms with E-state index in [1.54, 1.807) is 43.1 Å². The average molecular weight is 736 g/mol. The standard InChI is InChI=1S/C41H49N7O6/c1-45(24-34-36(53-3)20-26(21-37(34)54-4)33-25-46(2)40(51)32-22-42-15-11-31(32)33)16-6-5-14-43-28-12-17-47(18-13-28)29-7-8-30-27(19-29)23-48(41(30)52)35-9-10-38(49)44-39(35)50/h7-8,11,15,19-22,25,28,35,43H,5-6,9-10,12-14,16-18,23-24H2,1-4H3,(H,44,49,50). The fourth-order valence-electron chi connectivity index (χ4n) is 8.10. The lowest BCUT2D eigenvalue weighted by atomic mass is 9.99. The number of hydrogen-bond donors (Lipinski definition) is 2. The van der Waals surface area contributed by atoms with E-state index in [9.17, 15) is 19.2 Å². The summed E-state index contributed by atoms with van der Waals surface area (Å²) in [4.78, 5) is 60.3. The number of benzene rings is 2. The highest BCUT2D eigenvalue weighted by atomic mass is 16.5. The van der Waals surface area contributed by atoms with E-state index in [4.69, 9.17) is 9.47 Å². The van der Waals surface area contributed by atoms with E-state index in [0.29, 0.717) is 36.5 Å². The molecule has 1 atom stereocenters.